The first-order chi connectivity index (χ1) is 7.70. The van der Waals surface area contributed by atoms with Gasteiger partial charge in [-0.25, -0.2) is 9.97 Å². The Hall–Kier alpha value is -1.20. The van der Waals surface area contributed by atoms with Crippen LogP contribution in [0.5, 0.6) is 0 Å². The van der Waals surface area contributed by atoms with Crippen LogP contribution in [0.3, 0.4) is 0 Å². The fourth-order valence-corrected chi connectivity index (χ4v) is 1.91. The Labute approximate surface area is 102 Å². The maximum atomic E-state index is 5.89. The van der Waals surface area contributed by atoms with Crippen molar-refractivity contribution >= 4 is 32.7 Å². The Morgan fingerprint density at radius 1 is 1.25 bits per heavy atom. The van der Waals surface area contributed by atoms with Gasteiger partial charge in [-0.05, 0) is 31.2 Å². The Kier molecular flexibility index (Phi) is 3.36. The van der Waals surface area contributed by atoms with Crippen molar-refractivity contribution in [2.75, 3.05) is 12.3 Å². The van der Waals surface area contributed by atoms with Crippen LogP contribution in [-0.2, 0) is 6.42 Å². The second kappa shape index (κ2) is 4.76. The molecule has 0 spiro atoms. The minimum absolute atomic E-state index is 0.526. The molecule has 0 saturated carbocycles. The molecule has 1 aromatic heterocycles. The molecule has 0 aliphatic heterocycles. The van der Waals surface area contributed by atoms with Crippen LogP contribution < -0.4 is 11.5 Å². The summed E-state index contributed by atoms with van der Waals surface area (Å²) in [5, 5.41) is 0.880. The number of nitrogen functional groups attached to an aromatic ring is 1. The van der Waals surface area contributed by atoms with E-state index in [2.05, 4.69) is 25.9 Å². The van der Waals surface area contributed by atoms with Gasteiger partial charge < -0.3 is 11.5 Å². The van der Waals surface area contributed by atoms with Gasteiger partial charge in [0.05, 0.1) is 5.52 Å². The van der Waals surface area contributed by atoms with Gasteiger partial charge in [-0.15, -0.1) is 0 Å². The largest absolute Gasteiger partial charge is 0.383 e. The summed E-state index contributed by atoms with van der Waals surface area (Å²) in [7, 11) is 0. The van der Waals surface area contributed by atoms with Crippen LogP contribution in [0.25, 0.3) is 10.9 Å². The topological polar surface area (TPSA) is 77.8 Å². The molecule has 2 rings (SSSR count). The quantitative estimate of drug-likeness (QED) is 0.900. The summed E-state index contributed by atoms with van der Waals surface area (Å²) in [6.45, 7) is 0.641. The van der Waals surface area contributed by atoms with Crippen LogP contribution in [0.2, 0.25) is 0 Å². The molecule has 1 aromatic carbocycles. The molecule has 1 heterocycles. The maximum absolute atomic E-state index is 5.89. The summed E-state index contributed by atoms with van der Waals surface area (Å²) < 4.78 is 0.977. The molecule has 4 nitrogen and oxygen atoms in total. The number of benzene rings is 1. The SMILES string of the molecule is NCCCc1nc(N)c2cc(Br)ccc2n1. The second-order valence-corrected chi connectivity index (χ2v) is 4.49. The highest BCUT2D eigenvalue weighted by Crippen LogP contribution is 2.22. The summed E-state index contributed by atoms with van der Waals surface area (Å²) >= 11 is 3.40. The van der Waals surface area contributed by atoms with Crippen LogP contribution >= 0.6 is 15.9 Å². The number of hydrogen-bond donors (Lipinski definition) is 2. The van der Waals surface area contributed by atoms with Crippen LogP contribution in [-0.4, -0.2) is 16.5 Å². The lowest BCUT2D eigenvalue weighted by molar-refractivity contribution is 0.788. The Balaban J connectivity index is 2.46. The van der Waals surface area contributed by atoms with Gasteiger partial charge in [-0.2, -0.15) is 0 Å². The van der Waals surface area contributed by atoms with Crippen molar-refractivity contribution in [3.63, 3.8) is 0 Å². The van der Waals surface area contributed by atoms with Crippen molar-refractivity contribution in [3.05, 3.63) is 28.5 Å². The van der Waals surface area contributed by atoms with Crippen molar-refractivity contribution < 1.29 is 0 Å². The van der Waals surface area contributed by atoms with E-state index in [0.717, 1.165) is 34.0 Å². The monoisotopic (exact) mass is 280 g/mol. The molecule has 84 valence electrons. The summed E-state index contributed by atoms with van der Waals surface area (Å²) in [6, 6.07) is 5.81. The highest BCUT2D eigenvalue weighted by molar-refractivity contribution is 9.10. The number of rotatable bonds is 3. The molecule has 0 bridgehead atoms. The van der Waals surface area contributed by atoms with Gasteiger partial charge in [-0.1, -0.05) is 15.9 Å². The van der Waals surface area contributed by atoms with E-state index in [9.17, 15) is 0 Å². The van der Waals surface area contributed by atoms with E-state index in [1.807, 2.05) is 18.2 Å². The number of halogens is 1. The van der Waals surface area contributed by atoms with E-state index in [4.69, 9.17) is 11.5 Å². The third kappa shape index (κ3) is 2.31. The highest BCUT2D eigenvalue weighted by atomic mass is 79.9. The lowest BCUT2D eigenvalue weighted by Crippen LogP contribution is -2.05. The third-order valence-corrected chi connectivity index (χ3v) is 2.83. The number of nitrogens with zero attached hydrogens (tertiary/aromatic N) is 2. The molecule has 0 aliphatic carbocycles. The van der Waals surface area contributed by atoms with Crippen molar-refractivity contribution in [1.82, 2.24) is 9.97 Å². The molecule has 16 heavy (non-hydrogen) atoms. The van der Waals surface area contributed by atoms with E-state index in [0.29, 0.717) is 12.4 Å². The lowest BCUT2D eigenvalue weighted by Gasteiger charge is -2.05. The van der Waals surface area contributed by atoms with Crippen molar-refractivity contribution in [3.8, 4) is 0 Å². The van der Waals surface area contributed by atoms with E-state index in [-0.39, 0.29) is 0 Å². The molecular formula is C11H13BrN4. The predicted octanol–water partition coefficient (Wildman–Crippen LogP) is 1.87. The van der Waals surface area contributed by atoms with Crippen LogP contribution in [0.1, 0.15) is 12.2 Å². The van der Waals surface area contributed by atoms with Crippen LogP contribution in [0.15, 0.2) is 22.7 Å². The highest BCUT2D eigenvalue weighted by Gasteiger charge is 2.05. The molecule has 0 atom stereocenters. The normalized spacial score (nSPS) is 10.9. The third-order valence-electron chi connectivity index (χ3n) is 2.34. The van der Waals surface area contributed by atoms with Crippen LogP contribution in [0, 0.1) is 0 Å². The summed E-state index contributed by atoms with van der Waals surface area (Å²) in [5.74, 6) is 1.29. The molecule has 0 aliphatic rings. The summed E-state index contributed by atoms with van der Waals surface area (Å²) in [5.41, 5.74) is 12.2. The average molecular weight is 281 g/mol. The van der Waals surface area contributed by atoms with Gasteiger partial charge in [0.25, 0.3) is 0 Å². The molecule has 2 aromatic rings. The molecule has 0 amide bonds. The van der Waals surface area contributed by atoms with Crippen molar-refractivity contribution in [2.24, 2.45) is 5.73 Å². The van der Waals surface area contributed by atoms with Gasteiger partial charge >= 0.3 is 0 Å². The van der Waals surface area contributed by atoms with Gasteiger partial charge in [0.2, 0.25) is 0 Å². The zero-order valence-corrected chi connectivity index (χ0v) is 10.4. The fourth-order valence-electron chi connectivity index (χ4n) is 1.55. The zero-order valence-electron chi connectivity index (χ0n) is 8.78. The summed E-state index contributed by atoms with van der Waals surface area (Å²) in [4.78, 5) is 8.72. The standard InChI is InChI=1S/C11H13BrN4/c12-7-3-4-9-8(6-7)11(14)16-10(15-9)2-1-5-13/h3-4,6H,1-2,5,13H2,(H2,14,15,16). The number of aryl methyl sites for hydroxylation is 1. The number of anilines is 1. The zero-order chi connectivity index (χ0) is 11.5. The number of nitrogens with two attached hydrogens (primary N) is 2. The van der Waals surface area contributed by atoms with Gasteiger partial charge in [0.1, 0.15) is 11.6 Å². The first-order valence-electron chi connectivity index (χ1n) is 5.12. The van der Waals surface area contributed by atoms with Gasteiger partial charge in [0.15, 0.2) is 0 Å². The van der Waals surface area contributed by atoms with Gasteiger partial charge in [-0.3, -0.25) is 0 Å². The molecule has 0 unspecified atom stereocenters. The Bertz CT molecular complexity index is 513. The minimum atomic E-state index is 0.526. The summed E-state index contributed by atoms with van der Waals surface area (Å²) in [6.07, 6.45) is 1.65. The first kappa shape index (κ1) is 11.3. The molecule has 0 fully saturated rings. The number of fused-ring (bicyclic) bond motifs is 1. The number of hydrogen-bond acceptors (Lipinski definition) is 4. The lowest BCUT2D eigenvalue weighted by atomic mass is 10.2. The van der Waals surface area contributed by atoms with E-state index < -0.39 is 0 Å². The fraction of sp³-hybridized carbons (Fsp3) is 0.273. The maximum Gasteiger partial charge on any atom is 0.135 e. The van der Waals surface area contributed by atoms with E-state index in [1.165, 1.54) is 0 Å². The van der Waals surface area contributed by atoms with Crippen molar-refractivity contribution in [1.29, 1.82) is 0 Å². The van der Waals surface area contributed by atoms with Crippen LogP contribution in [0.4, 0.5) is 5.82 Å². The molecule has 0 radical (unpaired) electrons. The second-order valence-electron chi connectivity index (χ2n) is 3.58. The predicted molar refractivity (Wildman–Crippen MR) is 69.0 cm³/mol. The van der Waals surface area contributed by atoms with E-state index in [1.54, 1.807) is 0 Å². The van der Waals surface area contributed by atoms with Gasteiger partial charge in [0, 0.05) is 16.3 Å². The van der Waals surface area contributed by atoms with E-state index >= 15 is 0 Å². The van der Waals surface area contributed by atoms with Crippen molar-refractivity contribution in [2.45, 2.75) is 12.8 Å². The number of aromatic nitrogens is 2. The smallest absolute Gasteiger partial charge is 0.135 e. The average Bonchev–Trinajstić information content (AvgIpc) is 2.27. The Morgan fingerprint density at radius 3 is 2.81 bits per heavy atom. The Morgan fingerprint density at radius 2 is 2.06 bits per heavy atom. The molecule has 4 N–H and O–H groups in total. The minimum Gasteiger partial charge on any atom is -0.383 e. The first-order valence-corrected chi connectivity index (χ1v) is 5.91. The molecule has 0 saturated heterocycles. The molecular weight excluding hydrogens is 268 g/mol. The molecule has 5 heteroatoms.